The molecule has 0 atom stereocenters. The summed E-state index contributed by atoms with van der Waals surface area (Å²) in [5.41, 5.74) is 8.95. The molecule has 1 aliphatic rings. The number of fused-ring (bicyclic) bond motifs is 1. The Morgan fingerprint density at radius 1 is 1.18 bits per heavy atom. The third kappa shape index (κ3) is 3.39. The molecule has 1 fully saturated rings. The lowest BCUT2D eigenvalue weighted by Gasteiger charge is -2.23. The summed E-state index contributed by atoms with van der Waals surface area (Å²) in [4.78, 5) is 9.30. The van der Waals surface area contributed by atoms with Gasteiger partial charge < -0.3 is 15.2 Å². The standard InChI is InChI=1S/C22H28N4O2/c1-3-5-13-28-18-14-16(9-10-17(18)27-4-2)19-20-21(23)24-11-12-26(20)22(25-19)15-7-6-8-15/h9-12,14-15H,3-8,13H2,1-2H3,(H2,23,24). The van der Waals surface area contributed by atoms with E-state index < -0.39 is 0 Å². The third-order valence-electron chi connectivity index (χ3n) is 5.35. The van der Waals surface area contributed by atoms with E-state index in [1.165, 1.54) is 19.3 Å². The molecule has 0 saturated heterocycles. The van der Waals surface area contributed by atoms with Gasteiger partial charge in [0.25, 0.3) is 0 Å². The Bertz CT molecular complexity index is 963. The van der Waals surface area contributed by atoms with E-state index in [9.17, 15) is 0 Å². The SMILES string of the molecule is CCCCOc1cc(-c2nc(C3CCC3)n3ccnc(N)c23)ccc1OCC. The van der Waals surface area contributed by atoms with Crippen LogP contribution >= 0.6 is 0 Å². The number of imidazole rings is 1. The smallest absolute Gasteiger partial charge is 0.161 e. The molecule has 2 N–H and O–H groups in total. The number of nitrogens with two attached hydrogens (primary N) is 1. The summed E-state index contributed by atoms with van der Waals surface area (Å²) < 4.78 is 13.9. The van der Waals surface area contributed by atoms with Crippen LogP contribution in [0.4, 0.5) is 5.82 Å². The number of benzene rings is 1. The van der Waals surface area contributed by atoms with Gasteiger partial charge in [-0.3, -0.25) is 4.40 Å². The zero-order valence-electron chi connectivity index (χ0n) is 16.6. The lowest BCUT2D eigenvalue weighted by molar-refractivity contribution is 0.273. The van der Waals surface area contributed by atoms with Crippen LogP contribution in [0.2, 0.25) is 0 Å². The van der Waals surface area contributed by atoms with Crippen molar-refractivity contribution in [2.24, 2.45) is 0 Å². The first-order chi connectivity index (χ1) is 13.7. The van der Waals surface area contributed by atoms with E-state index in [2.05, 4.69) is 16.3 Å². The lowest BCUT2D eigenvalue weighted by Crippen LogP contribution is -2.12. The van der Waals surface area contributed by atoms with Gasteiger partial charge in [0.1, 0.15) is 22.9 Å². The second kappa shape index (κ2) is 8.09. The number of nitrogen functional groups attached to an aromatic ring is 1. The Kier molecular flexibility index (Phi) is 5.37. The molecule has 0 spiro atoms. The molecule has 148 valence electrons. The molecule has 4 rings (SSSR count). The molecule has 2 aromatic heterocycles. The van der Waals surface area contributed by atoms with Gasteiger partial charge in [-0.2, -0.15) is 0 Å². The zero-order chi connectivity index (χ0) is 19.5. The maximum Gasteiger partial charge on any atom is 0.161 e. The van der Waals surface area contributed by atoms with Crippen molar-refractivity contribution in [1.29, 1.82) is 0 Å². The van der Waals surface area contributed by atoms with Crippen LogP contribution in [0.25, 0.3) is 16.8 Å². The fourth-order valence-corrected chi connectivity index (χ4v) is 3.61. The largest absolute Gasteiger partial charge is 0.490 e. The summed E-state index contributed by atoms with van der Waals surface area (Å²) in [6, 6.07) is 6.00. The summed E-state index contributed by atoms with van der Waals surface area (Å²) in [7, 11) is 0. The first-order valence-electron chi connectivity index (χ1n) is 10.2. The van der Waals surface area contributed by atoms with Gasteiger partial charge in [0, 0.05) is 23.9 Å². The molecule has 0 radical (unpaired) electrons. The molecule has 0 bridgehead atoms. The normalized spacial score (nSPS) is 14.2. The number of hydrogen-bond acceptors (Lipinski definition) is 5. The molecule has 6 heteroatoms. The molecule has 0 aliphatic heterocycles. The second-order valence-electron chi connectivity index (χ2n) is 7.27. The van der Waals surface area contributed by atoms with Crippen LogP contribution in [0.3, 0.4) is 0 Å². The predicted octanol–water partition coefficient (Wildman–Crippen LogP) is 4.82. The van der Waals surface area contributed by atoms with Crippen molar-refractivity contribution in [2.75, 3.05) is 18.9 Å². The Morgan fingerprint density at radius 2 is 2.04 bits per heavy atom. The molecule has 6 nitrogen and oxygen atoms in total. The van der Waals surface area contributed by atoms with Crippen molar-refractivity contribution in [3.63, 3.8) is 0 Å². The van der Waals surface area contributed by atoms with Crippen molar-refractivity contribution < 1.29 is 9.47 Å². The molecule has 0 amide bonds. The number of hydrogen-bond donors (Lipinski definition) is 1. The first-order valence-corrected chi connectivity index (χ1v) is 10.2. The summed E-state index contributed by atoms with van der Waals surface area (Å²) in [5, 5.41) is 0. The number of anilines is 1. The molecule has 2 heterocycles. The van der Waals surface area contributed by atoms with Gasteiger partial charge >= 0.3 is 0 Å². The van der Waals surface area contributed by atoms with Crippen LogP contribution in [-0.2, 0) is 0 Å². The van der Waals surface area contributed by atoms with E-state index >= 15 is 0 Å². The fourth-order valence-electron chi connectivity index (χ4n) is 3.61. The third-order valence-corrected chi connectivity index (χ3v) is 5.35. The second-order valence-corrected chi connectivity index (χ2v) is 7.27. The minimum Gasteiger partial charge on any atom is -0.490 e. The predicted molar refractivity (Wildman–Crippen MR) is 111 cm³/mol. The van der Waals surface area contributed by atoms with E-state index in [1.807, 2.05) is 31.3 Å². The van der Waals surface area contributed by atoms with Crippen LogP contribution in [0, 0.1) is 0 Å². The highest BCUT2D eigenvalue weighted by molar-refractivity contribution is 5.86. The Morgan fingerprint density at radius 3 is 2.75 bits per heavy atom. The van der Waals surface area contributed by atoms with E-state index in [4.69, 9.17) is 20.2 Å². The monoisotopic (exact) mass is 380 g/mol. The van der Waals surface area contributed by atoms with Crippen molar-refractivity contribution in [3.05, 3.63) is 36.4 Å². The summed E-state index contributed by atoms with van der Waals surface area (Å²) in [6.07, 6.45) is 9.41. The average molecular weight is 380 g/mol. The Balaban J connectivity index is 1.79. The van der Waals surface area contributed by atoms with Crippen molar-refractivity contribution >= 4 is 11.3 Å². The van der Waals surface area contributed by atoms with Gasteiger partial charge in [-0.15, -0.1) is 0 Å². The van der Waals surface area contributed by atoms with Crippen LogP contribution < -0.4 is 15.2 Å². The number of aromatic nitrogens is 3. The summed E-state index contributed by atoms with van der Waals surface area (Å²) in [6.45, 7) is 5.39. The first kappa shape index (κ1) is 18.6. The molecule has 28 heavy (non-hydrogen) atoms. The van der Waals surface area contributed by atoms with Gasteiger partial charge in [-0.25, -0.2) is 9.97 Å². The van der Waals surface area contributed by atoms with Crippen molar-refractivity contribution in [1.82, 2.24) is 14.4 Å². The van der Waals surface area contributed by atoms with Gasteiger partial charge in [-0.05, 0) is 44.4 Å². The van der Waals surface area contributed by atoms with E-state index in [1.54, 1.807) is 6.20 Å². The van der Waals surface area contributed by atoms with E-state index in [0.717, 1.165) is 46.9 Å². The highest BCUT2D eigenvalue weighted by Crippen LogP contribution is 2.40. The molecule has 1 saturated carbocycles. The van der Waals surface area contributed by atoms with Crippen LogP contribution in [0.15, 0.2) is 30.6 Å². The highest BCUT2D eigenvalue weighted by atomic mass is 16.5. The van der Waals surface area contributed by atoms with Crippen LogP contribution in [0.1, 0.15) is 57.7 Å². The Hall–Kier alpha value is -2.76. The molecular formula is C22H28N4O2. The van der Waals surface area contributed by atoms with Crippen LogP contribution in [0.5, 0.6) is 11.5 Å². The minimum absolute atomic E-state index is 0.492. The zero-order valence-corrected chi connectivity index (χ0v) is 16.6. The fraction of sp³-hybridized carbons (Fsp3) is 0.455. The van der Waals surface area contributed by atoms with Crippen molar-refractivity contribution in [2.45, 2.75) is 51.9 Å². The van der Waals surface area contributed by atoms with Crippen LogP contribution in [-0.4, -0.2) is 27.6 Å². The maximum atomic E-state index is 6.25. The molecule has 1 aromatic carbocycles. The number of nitrogens with zero attached hydrogens (tertiary/aromatic N) is 3. The van der Waals surface area contributed by atoms with Gasteiger partial charge in [-0.1, -0.05) is 19.8 Å². The topological polar surface area (TPSA) is 74.7 Å². The Labute approximate surface area is 165 Å². The van der Waals surface area contributed by atoms with Gasteiger partial charge in [0.2, 0.25) is 0 Å². The van der Waals surface area contributed by atoms with Gasteiger partial charge in [0.15, 0.2) is 11.5 Å². The summed E-state index contributed by atoms with van der Waals surface area (Å²) in [5.74, 6) is 3.58. The number of ether oxygens (including phenoxy) is 2. The number of rotatable bonds is 8. The molecule has 3 aromatic rings. The molecular weight excluding hydrogens is 352 g/mol. The van der Waals surface area contributed by atoms with Crippen molar-refractivity contribution in [3.8, 4) is 22.8 Å². The van der Waals surface area contributed by atoms with E-state index in [-0.39, 0.29) is 0 Å². The maximum absolute atomic E-state index is 6.25. The molecule has 0 unspecified atom stereocenters. The summed E-state index contributed by atoms with van der Waals surface area (Å²) >= 11 is 0. The minimum atomic E-state index is 0.492. The highest BCUT2D eigenvalue weighted by Gasteiger charge is 2.27. The van der Waals surface area contributed by atoms with Gasteiger partial charge in [0.05, 0.1) is 13.2 Å². The number of unbranched alkanes of at least 4 members (excludes halogenated alkanes) is 1. The molecule has 1 aliphatic carbocycles. The lowest BCUT2D eigenvalue weighted by atomic mass is 9.85. The van der Waals surface area contributed by atoms with E-state index in [0.29, 0.717) is 24.9 Å². The average Bonchev–Trinajstić information content (AvgIpc) is 3.03. The quantitative estimate of drug-likeness (QED) is 0.567.